The van der Waals surface area contributed by atoms with Crippen LogP contribution in [0, 0.1) is 0 Å². The van der Waals surface area contributed by atoms with E-state index in [1.54, 1.807) is 0 Å². The molecule has 1 fully saturated rings. The van der Waals surface area contributed by atoms with E-state index < -0.39 is 73.4 Å². The van der Waals surface area contributed by atoms with Crippen molar-refractivity contribution < 1.29 is 54.4 Å². The van der Waals surface area contributed by atoms with Crippen molar-refractivity contribution in [3.63, 3.8) is 0 Å². The minimum absolute atomic E-state index is 0.593. The summed E-state index contributed by atoms with van der Waals surface area (Å²) in [5.41, 5.74) is 0. The van der Waals surface area contributed by atoms with Gasteiger partial charge in [-0.1, -0.05) is 0 Å². The lowest BCUT2D eigenvalue weighted by molar-refractivity contribution is -0.322. The van der Waals surface area contributed by atoms with Crippen LogP contribution in [0.25, 0.3) is 0 Å². The van der Waals surface area contributed by atoms with E-state index in [-0.39, 0.29) is 0 Å². The first-order chi connectivity index (χ1) is 12.1. The summed E-state index contributed by atoms with van der Waals surface area (Å²) < 4.78 is 15.3. The van der Waals surface area contributed by atoms with Gasteiger partial charge in [0.15, 0.2) is 6.29 Å². The molecule has 0 aliphatic carbocycles. The topological polar surface area (TPSA) is 198 Å². The maximum absolute atomic E-state index is 11.2. The highest BCUT2D eigenvalue weighted by Crippen LogP contribution is 2.27. The molecule has 2 rings (SSSR count). The molecule has 0 spiro atoms. The van der Waals surface area contributed by atoms with Gasteiger partial charge in [0, 0.05) is 6.92 Å². The molecule has 0 radical (unpaired) electrons. The van der Waals surface area contributed by atoms with Crippen molar-refractivity contribution in [1.29, 1.82) is 0 Å². The van der Waals surface area contributed by atoms with E-state index in [0.29, 0.717) is 6.08 Å². The number of carbonyl (C=O) groups excluding carboxylic acids is 2. The van der Waals surface area contributed by atoms with Crippen LogP contribution >= 0.6 is 0 Å². The van der Waals surface area contributed by atoms with E-state index in [0.717, 1.165) is 6.92 Å². The lowest BCUT2D eigenvalue weighted by Crippen LogP contribution is -2.65. The zero-order valence-corrected chi connectivity index (χ0v) is 13.6. The molecule has 2 aliphatic rings. The van der Waals surface area contributed by atoms with Crippen LogP contribution < -0.4 is 10.4 Å². The van der Waals surface area contributed by atoms with Gasteiger partial charge in [0.1, 0.15) is 48.3 Å². The molecule has 26 heavy (non-hydrogen) atoms. The number of hydrogen-bond acceptors (Lipinski definition) is 11. The fourth-order valence-corrected chi connectivity index (χ4v) is 2.67. The lowest BCUT2D eigenvalue weighted by atomic mass is 9.96. The van der Waals surface area contributed by atoms with Crippen molar-refractivity contribution in [2.45, 2.75) is 56.1 Å². The molecule has 1 amide bonds. The Morgan fingerprint density at radius 1 is 1.27 bits per heavy atom. The number of aliphatic hydroxyl groups excluding tert-OH is 5. The third-order valence-electron chi connectivity index (χ3n) is 3.93. The predicted molar refractivity (Wildman–Crippen MR) is 76.4 cm³/mol. The minimum atomic E-state index is -1.77. The van der Waals surface area contributed by atoms with Crippen molar-refractivity contribution in [3.8, 4) is 0 Å². The van der Waals surface area contributed by atoms with Gasteiger partial charge in [0.05, 0.1) is 6.61 Å². The molecule has 6 N–H and O–H groups in total. The summed E-state index contributed by atoms with van der Waals surface area (Å²) in [6.45, 7) is 0.412. The number of rotatable bonds is 5. The fourth-order valence-electron chi connectivity index (χ4n) is 2.67. The average Bonchev–Trinajstić information content (AvgIpc) is 2.56. The Labute approximate surface area is 147 Å². The second-order valence-corrected chi connectivity index (χ2v) is 5.85. The quantitative estimate of drug-likeness (QED) is 0.267. The van der Waals surface area contributed by atoms with Gasteiger partial charge >= 0.3 is 0 Å². The Bertz CT molecular complexity index is 567. The molecule has 2 heterocycles. The first-order valence-electron chi connectivity index (χ1n) is 7.66. The highest BCUT2D eigenvalue weighted by molar-refractivity contribution is 5.82. The summed E-state index contributed by atoms with van der Waals surface area (Å²) >= 11 is 0. The van der Waals surface area contributed by atoms with Gasteiger partial charge in [0.2, 0.25) is 12.2 Å². The molecule has 0 bridgehead atoms. The molecule has 0 aromatic heterocycles. The number of aliphatic hydroxyl groups is 5. The smallest absolute Gasteiger partial charge is 0.229 e. The molecule has 2 unspecified atom stereocenters. The summed E-state index contributed by atoms with van der Waals surface area (Å²) in [7, 11) is 0. The highest BCUT2D eigenvalue weighted by atomic mass is 16.7. The van der Waals surface area contributed by atoms with Gasteiger partial charge in [0.25, 0.3) is 0 Å². The normalized spacial score (nSPS) is 40.3. The number of hydrogen-bond donors (Lipinski definition) is 6. The maximum Gasteiger partial charge on any atom is 0.229 e. The van der Waals surface area contributed by atoms with Gasteiger partial charge in [-0.25, -0.2) is 0 Å². The summed E-state index contributed by atoms with van der Waals surface area (Å²) in [4.78, 5) is 22.1. The number of amides is 1. The Balaban J connectivity index is 2.19. The number of aliphatic carboxylic acids is 1. The second kappa shape index (κ2) is 8.26. The van der Waals surface area contributed by atoms with E-state index >= 15 is 0 Å². The molecular weight excluding hydrogens is 358 g/mol. The number of ether oxygens (including phenoxy) is 3. The van der Waals surface area contributed by atoms with Crippen LogP contribution in [-0.4, -0.2) is 93.2 Å². The first kappa shape index (κ1) is 20.5. The van der Waals surface area contributed by atoms with Crippen molar-refractivity contribution in [2.24, 2.45) is 0 Å². The van der Waals surface area contributed by atoms with Crippen LogP contribution in [0.4, 0.5) is 0 Å². The van der Waals surface area contributed by atoms with Crippen LogP contribution in [0.3, 0.4) is 0 Å². The molecule has 8 atom stereocenters. The number of carboxylic acids is 1. The summed E-state index contributed by atoms with van der Waals surface area (Å²) in [5, 5.41) is 62.3. The van der Waals surface area contributed by atoms with Crippen molar-refractivity contribution >= 4 is 11.9 Å². The first-order valence-corrected chi connectivity index (χ1v) is 7.66. The molecule has 12 nitrogen and oxygen atoms in total. The van der Waals surface area contributed by atoms with Gasteiger partial charge in [-0.3, -0.25) is 4.79 Å². The van der Waals surface area contributed by atoms with Crippen LogP contribution in [0.5, 0.6) is 0 Å². The van der Waals surface area contributed by atoms with E-state index in [4.69, 9.17) is 14.2 Å². The Kier molecular flexibility index (Phi) is 6.52. The van der Waals surface area contributed by atoms with Crippen LogP contribution in [0.1, 0.15) is 6.92 Å². The monoisotopic (exact) mass is 378 g/mol. The van der Waals surface area contributed by atoms with Gasteiger partial charge < -0.3 is 55.0 Å². The van der Waals surface area contributed by atoms with Gasteiger partial charge in [-0.15, -0.1) is 0 Å². The summed E-state index contributed by atoms with van der Waals surface area (Å²) in [6.07, 6.45) is -10.5. The maximum atomic E-state index is 11.2. The van der Waals surface area contributed by atoms with Crippen molar-refractivity contribution in [1.82, 2.24) is 5.32 Å². The van der Waals surface area contributed by atoms with E-state index in [1.165, 1.54) is 0 Å². The number of nitrogens with one attached hydrogen (secondary N) is 1. The van der Waals surface area contributed by atoms with E-state index in [2.05, 4.69) is 5.32 Å². The fraction of sp³-hybridized carbons (Fsp3) is 0.714. The Morgan fingerprint density at radius 2 is 1.92 bits per heavy atom. The summed E-state index contributed by atoms with van der Waals surface area (Å²) in [5.74, 6) is -3.15. The highest BCUT2D eigenvalue weighted by Gasteiger charge is 2.48. The van der Waals surface area contributed by atoms with Gasteiger partial charge in [-0.2, -0.15) is 0 Å². The third kappa shape index (κ3) is 4.29. The molecule has 0 aromatic carbocycles. The predicted octanol–water partition coefficient (Wildman–Crippen LogP) is -5.34. The Hall–Kier alpha value is -1.80. The zero-order valence-electron chi connectivity index (χ0n) is 13.6. The molecule has 2 aliphatic heterocycles. The van der Waals surface area contributed by atoms with Crippen LogP contribution in [-0.2, 0) is 23.8 Å². The molecule has 0 saturated carbocycles. The lowest BCUT2D eigenvalue weighted by Gasteiger charge is -2.44. The largest absolute Gasteiger partial charge is 0.542 e. The average molecular weight is 378 g/mol. The number of carbonyl (C=O) groups is 2. The minimum Gasteiger partial charge on any atom is -0.542 e. The van der Waals surface area contributed by atoms with Crippen molar-refractivity contribution in [2.75, 3.05) is 6.61 Å². The van der Waals surface area contributed by atoms with Crippen LogP contribution in [0.15, 0.2) is 11.8 Å². The van der Waals surface area contributed by atoms with E-state index in [1.807, 2.05) is 0 Å². The van der Waals surface area contributed by atoms with Crippen LogP contribution in [0.2, 0.25) is 0 Å². The zero-order chi connectivity index (χ0) is 19.6. The Morgan fingerprint density at radius 3 is 2.46 bits per heavy atom. The van der Waals surface area contributed by atoms with Crippen molar-refractivity contribution in [3.05, 3.63) is 11.8 Å². The molecule has 12 heteroatoms. The standard InChI is InChI=1S/C14H21NO11/c1-4(17)15-8-10(20)11(7(3-16)24-13(8)23)26-14-9(19)5(18)2-6(25-14)12(21)22/h2,5,7-11,13-14,16,18-20,23H,3H2,1H3,(H,15,17)(H,21,22)/p-1/t5-,7+,8+,9+,10+,11?,13?,14-/m0/s1. The molecule has 1 saturated heterocycles. The SMILES string of the molecule is CC(=O)N[C@H]1C(O)O[C@H](CO)C(O[C@@H]2OC(C(=O)[O-])=C[C@H](O)[C@H]2O)[C@@H]1O. The molecule has 148 valence electrons. The summed E-state index contributed by atoms with van der Waals surface area (Å²) in [6, 6.07) is -1.33. The number of carboxylic acid groups (broad SMARTS) is 1. The molecular formula is C14H20NO11-. The van der Waals surface area contributed by atoms with E-state index in [9.17, 15) is 40.2 Å². The third-order valence-corrected chi connectivity index (χ3v) is 3.93. The van der Waals surface area contributed by atoms with Gasteiger partial charge in [-0.05, 0) is 6.08 Å². The second-order valence-electron chi connectivity index (χ2n) is 5.85. The molecule has 0 aromatic rings.